The van der Waals surface area contributed by atoms with Crippen LogP contribution in [-0.2, 0) is 19.7 Å². The molecule has 1 aromatic heterocycles. The van der Waals surface area contributed by atoms with E-state index in [1.165, 1.54) is 22.9 Å². The second kappa shape index (κ2) is 12.3. The molecule has 0 aliphatic rings. The summed E-state index contributed by atoms with van der Waals surface area (Å²) < 4.78 is 50.8. The number of nitrogens with zero attached hydrogens (tertiary/aromatic N) is 2. The van der Waals surface area contributed by atoms with Crippen molar-refractivity contribution in [2.45, 2.75) is 52.7 Å². The highest BCUT2D eigenvalue weighted by molar-refractivity contribution is 5.87. The van der Waals surface area contributed by atoms with Crippen molar-refractivity contribution in [1.82, 2.24) is 15.1 Å². The van der Waals surface area contributed by atoms with Crippen LogP contribution in [-0.4, -0.2) is 27.2 Å². The second-order valence-electron chi connectivity index (χ2n) is 9.61. The maximum Gasteiger partial charge on any atom is 0.573 e. The van der Waals surface area contributed by atoms with Gasteiger partial charge in [-0.25, -0.2) is 9.48 Å². The molecule has 0 atom stereocenters. The first-order valence-electron chi connectivity index (χ1n) is 12.7. The molecule has 0 unspecified atom stereocenters. The molecule has 0 amide bonds. The first-order chi connectivity index (χ1) is 19.0. The summed E-state index contributed by atoms with van der Waals surface area (Å²) in [7, 11) is 0. The van der Waals surface area contributed by atoms with Gasteiger partial charge >= 0.3 is 12.3 Å². The van der Waals surface area contributed by atoms with Crippen molar-refractivity contribution >= 4 is 5.97 Å². The number of aromatic carboxylic acids is 1. The van der Waals surface area contributed by atoms with Crippen LogP contribution in [0, 0.1) is 6.92 Å². The molecule has 10 heteroatoms. The summed E-state index contributed by atoms with van der Waals surface area (Å²) in [5.41, 5.74) is 4.80. The minimum Gasteiger partial charge on any atom is -0.487 e. The van der Waals surface area contributed by atoms with Crippen LogP contribution >= 0.6 is 0 Å². The Kier molecular flexibility index (Phi) is 8.79. The monoisotopic (exact) mass is 553 g/mol. The molecule has 2 N–H and O–H groups in total. The maximum absolute atomic E-state index is 13.0. The number of alkyl halides is 3. The van der Waals surface area contributed by atoms with Crippen molar-refractivity contribution in [2.24, 2.45) is 0 Å². The van der Waals surface area contributed by atoms with Crippen LogP contribution in [0.4, 0.5) is 13.2 Å². The number of carboxylic acids is 1. The average molecular weight is 554 g/mol. The van der Waals surface area contributed by atoms with Gasteiger partial charge in [-0.15, -0.1) is 13.2 Å². The average Bonchev–Trinajstić information content (AvgIpc) is 3.32. The van der Waals surface area contributed by atoms with E-state index in [1.807, 2.05) is 45.0 Å². The number of carboxylic acid groups (broad SMARTS) is 1. The molecule has 0 aliphatic heterocycles. The van der Waals surface area contributed by atoms with Crippen LogP contribution in [0.3, 0.4) is 0 Å². The molecule has 3 aromatic carbocycles. The third-order valence-electron chi connectivity index (χ3n) is 6.35. The summed E-state index contributed by atoms with van der Waals surface area (Å²) >= 11 is 0. The molecule has 0 bridgehead atoms. The lowest BCUT2D eigenvalue weighted by atomic mass is 10.0. The standard InChI is InChI=1S/C30H30F3N3O4/c1-19(2)25-17-35-36(26-9-4-5-10-28(26)40-30(31,32)33)27(25)18-39-24-12-11-23(20(3)13-24)16-34-15-21-7-6-8-22(14-21)29(37)38/h4-14,17,19,34H,15-16,18H2,1-3H3,(H,37,38). The predicted molar refractivity (Wildman–Crippen MR) is 144 cm³/mol. The molecule has 0 fully saturated rings. The third kappa shape index (κ3) is 7.20. The van der Waals surface area contributed by atoms with Gasteiger partial charge in [0.15, 0.2) is 5.75 Å². The summed E-state index contributed by atoms with van der Waals surface area (Å²) in [6, 6.07) is 18.3. The second-order valence-corrected chi connectivity index (χ2v) is 9.61. The van der Waals surface area contributed by atoms with Gasteiger partial charge in [-0.05, 0) is 71.5 Å². The van der Waals surface area contributed by atoms with Crippen molar-refractivity contribution in [3.05, 3.63) is 106 Å². The van der Waals surface area contributed by atoms with Crippen molar-refractivity contribution < 1.29 is 32.5 Å². The molecular weight excluding hydrogens is 523 g/mol. The van der Waals surface area contributed by atoms with E-state index in [1.54, 1.807) is 30.5 Å². The topological polar surface area (TPSA) is 85.6 Å². The molecule has 0 radical (unpaired) electrons. The molecule has 210 valence electrons. The largest absolute Gasteiger partial charge is 0.573 e. The lowest BCUT2D eigenvalue weighted by Crippen LogP contribution is -2.19. The fraction of sp³-hybridized carbons (Fsp3) is 0.267. The lowest BCUT2D eigenvalue weighted by molar-refractivity contribution is -0.274. The van der Waals surface area contributed by atoms with E-state index >= 15 is 0 Å². The van der Waals surface area contributed by atoms with Crippen LogP contribution < -0.4 is 14.8 Å². The molecule has 40 heavy (non-hydrogen) atoms. The van der Waals surface area contributed by atoms with E-state index in [-0.39, 0.29) is 29.5 Å². The van der Waals surface area contributed by atoms with Crippen LogP contribution in [0.5, 0.6) is 11.5 Å². The van der Waals surface area contributed by atoms with Crippen LogP contribution in [0.1, 0.15) is 58.1 Å². The van der Waals surface area contributed by atoms with Crippen LogP contribution in [0.15, 0.2) is 72.9 Å². The van der Waals surface area contributed by atoms with Crippen molar-refractivity contribution in [3.63, 3.8) is 0 Å². The Morgan fingerprint density at radius 3 is 2.52 bits per heavy atom. The summed E-state index contributed by atoms with van der Waals surface area (Å²) in [6.45, 7) is 7.10. The van der Waals surface area contributed by atoms with E-state index < -0.39 is 12.3 Å². The lowest BCUT2D eigenvalue weighted by Gasteiger charge is -2.17. The van der Waals surface area contributed by atoms with E-state index in [0.717, 1.165) is 22.3 Å². The molecule has 7 nitrogen and oxygen atoms in total. The van der Waals surface area contributed by atoms with Gasteiger partial charge < -0.3 is 19.9 Å². The Bertz CT molecular complexity index is 1480. The number of nitrogens with one attached hydrogen (secondary N) is 1. The number of carbonyl (C=O) groups is 1. The molecule has 4 aromatic rings. The molecule has 0 spiro atoms. The van der Waals surface area contributed by atoms with Crippen molar-refractivity contribution in [1.29, 1.82) is 0 Å². The molecule has 1 heterocycles. The number of halogens is 3. The smallest absolute Gasteiger partial charge is 0.487 e. The number of hydrogen-bond acceptors (Lipinski definition) is 5. The first kappa shape index (κ1) is 28.7. The predicted octanol–water partition coefficient (Wildman–Crippen LogP) is 6.77. The molecule has 4 rings (SSSR count). The summed E-state index contributed by atoms with van der Waals surface area (Å²) in [5, 5.41) is 16.9. The minimum atomic E-state index is -4.84. The number of aromatic nitrogens is 2. The van der Waals surface area contributed by atoms with Crippen molar-refractivity contribution in [3.8, 4) is 17.2 Å². The number of hydrogen-bond donors (Lipinski definition) is 2. The Balaban J connectivity index is 1.47. The summed E-state index contributed by atoms with van der Waals surface area (Å²) in [5.74, 6) is -0.639. The first-order valence-corrected chi connectivity index (χ1v) is 12.7. The Morgan fingerprint density at radius 2 is 1.82 bits per heavy atom. The van der Waals surface area contributed by atoms with Gasteiger partial charge in [0.1, 0.15) is 18.0 Å². The Hall–Kier alpha value is -4.31. The summed E-state index contributed by atoms with van der Waals surface area (Å²) in [4.78, 5) is 11.2. The van der Waals surface area contributed by atoms with Crippen LogP contribution in [0.25, 0.3) is 5.69 Å². The zero-order valence-corrected chi connectivity index (χ0v) is 22.3. The normalized spacial score (nSPS) is 11.6. The highest BCUT2D eigenvalue weighted by Crippen LogP contribution is 2.32. The Morgan fingerprint density at radius 1 is 1.05 bits per heavy atom. The number of para-hydroxylation sites is 2. The van der Waals surface area contributed by atoms with Crippen LogP contribution in [0.2, 0.25) is 0 Å². The number of ether oxygens (including phenoxy) is 2. The number of aryl methyl sites for hydroxylation is 1. The number of rotatable bonds is 11. The zero-order chi connectivity index (χ0) is 28.9. The van der Waals surface area contributed by atoms with E-state index in [2.05, 4.69) is 15.2 Å². The maximum atomic E-state index is 13.0. The van der Waals surface area contributed by atoms with Crippen molar-refractivity contribution in [2.75, 3.05) is 0 Å². The SMILES string of the molecule is Cc1cc(OCc2c(C(C)C)cnn2-c2ccccc2OC(F)(F)F)ccc1CNCc1cccc(C(=O)O)c1. The molecule has 0 aliphatic carbocycles. The summed E-state index contributed by atoms with van der Waals surface area (Å²) in [6.07, 6.45) is -3.20. The highest BCUT2D eigenvalue weighted by atomic mass is 19.4. The van der Waals surface area contributed by atoms with E-state index in [0.29, 0.717) is 24.5 Å². The molecular formula is C30H30F3N3O4. The molecule has 0 saturated carbocycles. The van der Waals surface area contributed by atoms with Gasteiger partial charge in [-0.2, -0.15) is 5.10 Å². The van der Waals surface area contributed by atoms with Gasteiger partial charge in [0.05, 0.1) is 17.5 Å². The minimum absolute atomic E-state index is 0.0643. The fourth-order valence-electron chi connectivity index (χ4n) is 4.33. The Labute approximate surface area is 230 Å². The van der Waals surface area contributed by atoms with Gasteiger partial charge in [0.2, 0.25) is 0 Å². The van der Waals surface area contributed by atoms with Gasteiger partial charge in [-0.3, -0.25) is 0 Å². The quantitative estimate of drug-likeness (QED) is 0.213. The molecule has 0 saturated heterocycles. The van der Waals surface area contributed by atoms with Gasteiger partial charge in [-0.1, -0.05) is 44.2 Å². The highest BCUT2D eigenvalue weighted by Gasteiger charge is 2.32. The third-order valence-corrected chi connectivity index (χ3v) is 6.35. The van der Waals surface area contributed by atoms with Gasteiger partial charge in [0.25, 0.3) is 0 Å². The fourth-order valence-corrected chi connectivity index (χ4v) is 4.33. The van der Waals surface area contributed by atoms with Gasteiger partial charge in [0, 0.05) is 13.1 Å². The van der Waals surface area contributed by atoms with E-state index in [4.69, 9.17) is 9.84 Å². The number of benzene rings is 3. The van der Waals surface area contributed by atoms with E-state index in [9.17, 15) is 18.0 Å². The zero-order valence-electron chi connectivity index (χ0n) is 22.3.